The van der Waals surface area contributed by atoms with Crippen LogP contribution in [0.2, 0.25) is 0 Å². The van der Waals surface area contributed by atoms with Gasteiger partial charge < -0.3 is 15.0 Å². The van der Waals surface area contributed by atoms with Gasteiger partial charge in [-0.25, -0.2) is 0 Å². The molecule has 0 radical (unpaired) electrons. The highest BCUT2D eigenvalue weighted by atomic mass is 16.5. The molecule has 1 aliphatic heterocycles. The van der Waals surface area contributed by atoms with Crippen molar-refractivity contribution in [1.82, 2.24) is 10.2 Å². The van der Waals surface area contributed by atoms with Crippen molar-refractivity contribution in [2.45, 2.75) is 39.2 Å². The Bertz CT molecular complexity index is 607. The monoisotopic (exact) mass is 344 g/mol. The van der Waals surface area contributed by atoms with Gasteiger partial charge in [0.2, 0.25) is 11.8 Å². The summed E-state index contributed by atoms with van der Waals surface area (Å²) in [4.78, 5) is 27.6. The Kier molecular flexibility index (Phi) is 5.42. The number of nitrogens with one attached hydrogen (secondary N) is 1. The van der Waals surface area contributed by atoms with Crippen molar-refractivity contribution in [3.8, 4) is 0 Å². The Hall–Kier alpha value is -1.88. The van der Waals surface area contributed by atoms with Crippen molar-refractivity contribution < 1.29 is 14.3 Å². The predicted octanol–water partition coefficient (Wildman–Crippen LogP) is 2.53. The summed E-state index contributed by atoms with van der Waals surface area (Å²) in [7, 11) is 0. The first-order chi connectivity index (χ1) is 12.1. The van der Waals surface area contributed by atoms with E-state index in [0.29, 0.717) is 13.1 Å². The summed E-state index contributed by atoms with van der Waals surface area (Å²) < 4.78 is 5.43. The molecule has 0 aromatic heterocycles. The molecule has 25 heavy (non-hydrogen) atoms. The SMILES string of the molecule is CCN(CC)C(=O)[C@@H](NC(=O)[C@H]1CC12CCOCC2)c1ccccc1. The smallest absolute Gasteiger partial charge is 0.249 e. The van der Waals surface area contributed by atoms with E-state index in [9.17, 15) is 9.59 Å². The normalized spacial score (nSPS) is 22.2. The van der Waals surface area contributed by atoms with E-state index in [0.717, 1.165) is 38.0 Å². The average molecular weight is 344 g/mol. The number of carbonyl (C=O) groups is 2. The van der Waals surface area contributed by atoms with Crippen LogP contribution in [0.3, 0.4) is 0 Å². The summed E-state index contributed by atoms with van der Waals surface area (Å²) in [5.41, 5.74) is 0.955. The second-order valence-electron chi connectivity index (χ2n) is 7.09. The van der Waals surface area contributed by atoms with E-state index in [1.54, 1.807) is 4.90 Å². The molecule has 136 valence electrons. The molecule has 1 saturated carbocycles. The number of likely N-dealkylation sites (N-methyl/N-ethyl adjacent to an activating group) is 1. The number of hydrogen-bond donors (Lipinski definition) is 1. The third-order valence-corrected chi connectivity index (χ3v) is 5.74. The molecule has 1 spiro atoms. The number of hydrogen-bond acceptors (Lipinski definition) is 3. The van der Waals surface area contributed by atoms with Crippen molar-refractivity contribution >= 4 is 11.8 Å². The molecule has 2 atom stereocenters. The minimum Gasteiger partial charge on any atom is -0.381 e. The van der Waals surface area contributed by atoms with Crippen LogP contribution in [0.25, 0.3) is 0 Å². The minimum atomic E-state index is -0.605. The third kappa shape index (κ3) is 3.71. The number of carbonyl (C=O) groups excluding carboxylic acids is 2. The Balaban J connectivity index is 1.74. The Morgan fingerprint density at radius 2 is 1.84 bits per heavy atom. The second kappa shape index (κ2) is 7.56. The molecular weight excluding hydrogens is 316 g/mol. The fourth-order valence-corrected chi connectivity index (χ4v) is 3.94. The lowest BCUT2D eigenvalue weighted by molar-refractivity contribution is -0.137. The molecular formula is C20H28N2O3. The maximum Gasteiger partial charge on any atom is 0.249 e. The lowest BCUT2D eigenvalue weighted by Gasteiger charge is -2.27. The van der Waals surface area contributed by atoms with Crippen LogP contribution in [0.1, 0.15) is 44.7 Å². The van der Waals surface area contributed by atoms with Gasteiger partial charge in [0.25, 0.3) is 0 Å². The minimum absolute atomic E-state index is 0.0104. The molecule has 5 nitrogen and oxygen atoms in total. The summed E-state index contributed by atoms with van der Waals surface area (Å²) >= 11 is 0. The number of nitrogens with zero attached hydrogens (tertiary/aromatic N) is 1. The molecule has 3 rings (SSSR count). The molecule has 5 heteroatoms. The van der Waals surface area contributed by atoms with Crippen LogP contribution in [-0.4, -0.2) is 43.0 Å². The van der Waals surface area contributed by atoms with Gasteiger partial charge in [-0.1, -0.05) is 30.3 Å². The van der Waals surface area contributed by atoms with Crippen LogP contribution < -0.4 is 5.32 Å². The highest BCUT2D eigenvalue weighted by Crippen LogP contribution is 2.59. The number of rotatable bonds is 6. The predicted molar refractivity (Wildman–Crippen MR) is 95.8 cm³/mol. The zero-order valence-electron chi connectivity index (χ0n) is 15.2. The van der Waals surface area contributed by atoms with Gasteiger partial charge in [-0.15, -0.1) is 0 Å². The highest BCUT2D eigenvalue weighted by Gasteiger charge is 2.58. The van der Waals surface area contributed by atoms with Gasteiger partial charge in [0.05, 0.1) is 0 Å². The van der Waals surface area contributed by atoms with E-state index in [-0.39, 0.29) is 23.1 Å². The van der Waals surface area contributed by atoms with Crippen molar-refractivity contribution in [2.24, 2.45) is 11.3 Å². The molecule has 1 aromatic carbocycles. The van der Waals surface area contributed by atoms with Gasteiger partial charge >= 0.3 is 0 Å². The highest BCUT2D eigenvalue weighted by molar-refractivity contribution is 5.91. The third-order valence-electron chi connectivity index (χ3n) is 5.74. The molecule has 2 fully saturated rings. The fraction of sp³-hybridized carbons (Fsp3) is 0.600. The van der Waals surface area contributed by atoms with E-state index in [1.165, 1.54) is 0 Å². The van der Waals surface area contributed by atoms with Gasteiger partial charge in [0, 0.05) is 32.2 Å². The van der Waals surface area contributed by atoms with E-state index in [2.05, 4.69) is 5.32 Å². The maximum atomic E-state index is 12.9. The maximum absolute atomic E-state index is 12.9. The zero-order chi connectivity index (χ0) is 17.9. The topological polar surface area (TPSA) is 58.6 Å². The molecule has 1 saturated heterocycles. The molecule has 2 amide bonds. The summed E-state index contributed by atoms with van der Waals surface area (Å²) in [6.45, 7) is 6.68. The summed E-state index contributed by atoms with van der Waals surface area (Å²) in [6, 6.07) is 8.93. The fourth-order valence-electron chi connectivity index (χ4n) is 3.94. The van der Waals surface area contributed by atoms with Gasteiger partial charge in [0.15, 0.2) is 0 Å². The summed E-state index contributed by atoms with van der Waals surface area (Å²) in [6.07, 6.45) is 2.82. The van der Waals surface area contributed by atoms with E-state index >= 15 is 0 Å². The van der Waals surface area contributed by atoms with Crippen LogP contribution >= 0.6 is 0 Å². The van der Waals surface area contributed by atoms with E-state index in [1.807, 2.05) is 44.2 Å². The number of benzene rings is 1. The zero-order valence-corrected chi connectivity index (χ0v) is 15.2. The van der Waals surface area contributed by atoms with E-state index in [4.69, 9.17) is 4.74 Å². The van der Waals surface area contributed by atoms with Crippen LogP contribution in [0, 0.1) is 11.3 Å². The molecule has 2 aliphatic rings. The van der Waals surface area contributed by atoms with Crippen molar-refractivity contribution in [2.75, 3.05) is 26.3 Å². The van der Waals surface area contributed by atoms with Crippen molar-refractivity contribution in [3.63, 3.8) is 0 Å². The molecule has 0 unspecified atom stereocenters. The number of ether oxygens (including phenoxy) is 1. The van der Waals surface area contributed by atoms with Crippen LogP contribution in [-0.2, 0) is 14.3 Å². The summed E-state index contributed by atoms with van der Waals surface area (Å²) in [5, 5.41) is 3.04. The Morgan fingerprint density at radius 3 is 2.44 bits per heavy atom. The van der Waals surface area contributed by atoms with Crippen LogP contribution in [0.4, 0.5) is 0 Å². The first-order valence-corrected chi connectivity index (χ1v) is 9.33. The molecule has 1 aromatic rings. The van der Waals surface area contributed by atoms with Crippen LogP contribution in [0.15, 0.2) is 30.3 Å². The molecule has 1 heterocycles. The lowest BCUT2D eigenvalue weighted by atomic mass is 9.93. The second-order valence-corrected chi connectivity index (χ2v) is 7.09. The van der Waals surface area contributed by atoms with Gasteiger partial charge in [-0.2, -0.15) is 0 Å². The quantitative estimate of drug-likeness (QED) is 0.863. The lowest BCUT2D eigenvalue weighted by Crippen LogP contribution is -2.43. The van der Waals surface area contributed by atoms with Gasteiger partial charge in [-0.3, -0.25) is 9.59 Å². The molecule has 1 N–H and O–H groups in total. The van der Waals surface area contributed by atoms with Crippen molar-refractivity contribution in [1.29, 1.82) is 0 Å². The summed E-state index contributed by atoms with van der Waals surface area (Å²) in [5.74, 6) is -0.00500. The Morgan fingerprint density at radius 1 is 1.20 bits per heavy atom. The van der Waals surface area contributed by atoms with Gasteiger partial charge in [0.1, 0.15) is 6.04 Å². The first kappa shape index (κ1) is 17.9. The standard InChI is InChI=1S/C20H28N2O3/c1-3-22(4-2)19(24)17(15-8-6-5-7-9-15)21-18(23)16-14-20(16)10-12-25-13-11-20/h5-9,16-17H,3-4,10-14H2,1-2H3,(H,21,23)/t16-,17+/m1/s1. The Labute approximate surface area is 149 Å². The molecule has 1 aliphatic carbocycles. The molecule has 0 bridgehead atoms. The first-order valence-electron chi connectivity index (χ1n) is 9.33. The van der Waals surface area contributed by atoms with Crippen LogP contribution in [0.5, 0.6) is 0 Å². The van der Waals surface area contributed by atoms with E-state index < -0.39 is 6.04 Å². The number of amides is 2. The largest absolute Gasteiger partial charge is 0.381 e. The average Bonchev–Trinajstić information content (AvgIpc) is 3.34. The van der Waals surface area contributed by atoms with Gasteiger partial charge in [-0.05, 0) is 44.1 Å². The van der Waals surface area contributed by atoms with Crippen molar-refractivity contribution in [3.05, 3.63) is 35.9 Å².